The highest BCUT2D eigenvalue weighted by Gasteiger charge is 2.31. The van der Waals surface area contributed by atoms with Crippen LogP contribution in [-0.4, -0.2) is 19.2 Å². The third-order valence-corrected chi connectivity index (χ3v) is 4.91. The van der Waals surface area contributed by atoms with Gasteiger partial charge in [-0.15, -0.1) is 4.40 Å². The molecule has 1 aromatic carbocycles. The van der Waals surface area contributed by atoms with Crippen LogP contribution in [0.3, 0.4) is 0 Å². The molecule has 0 unspecified atom stereocenters. The van der Waals surface area contributed by atoms with Gasteiger partial charge in [0, 0.05) is 11.8 Å². The Morgan fingerprint density at radius 1 is 1.04 bits per heavy atom. The number of hydrogen-bond donors (Lipinski definition) is 1. The van der Waals surface area contributed by atoms with Gasteiger partial charge in [0.25, 0.3) is 10.0 Å². The molecule has 3 rings (SSSR count). The average Bonchev–Trinajstić information content (AvgIpc) is 2.72. The third kappa shape index (κ3) is 3.00. The molecule has 0 amide bonds. The number of rotatable bonds is 2. The molecule has 1 aromatic heterocycles. The van der Waals surface area contributed by atoms with Crippen molar-refractivity contribution in [3.63, 3.8) is 0 Å². The Labute approximate surface area is 133 Å². The number of benzene rings is 1. The van der Waals surface area contributed by atoms with E-state index in [0.29, 0.717) is 17.0 Å². The van der Waals surface area contributed by atoms with E-state index in [0.717, 1.165) is 5.56 Å². The average molecular weight is 331 g/mol. The van der Waals surface area contributed by atoms with E-state index < -0.39 is 15.8 Å². The normalized spacial score (nSPS) is 16.4. The lowest BCUT2D eigenvalue weighted by atomic mass is 10.1. The van der Waals surface area contributed by atoms with Crippen molar-refractivity contribution < 1.29 is 12.8 Å². The fraction of sp³-hybridized carbons (Fsp3) is 0.125. The van der Waals surface area contributed by atoms with Crippen LogP contribution in [-0.2, 0) is 10.0 Å². The maximum atomic E-state index is 13.0. The van der Waals surface area contributed by atoms with E-state index in [2.05, 4.69) is 14.7 Å². The Kier molecular flexibility index (Phi) is 3.73. The van der Waals surface area contributed by atoms with Crippen molar-refractivity contribution in [3.8, 4) is 0 Å². The number of pyridine rings is 1. The summed E-state index contributed by atoms with van der Waals surface area (Å²) in [5, 5.41) is 2.91. The summed E-state index contributed by atoms with van der Waals surface area (Å²) >= 11 is 0. The first-order chi connectivity index (χ1) is 10.9. The van der Waals surface area contributed by atoms with Crippen molar-refractivity contribution in [1.29, 1.82) is 0 Å². The monoisotopic (exact) mass is 331 g/mol. The molecule has 0 bridgehead atoms. The Morgan fingerprint density at radius 3 is 2.35 bits per heavy atom. The Balaban J connectivity index is 1.99. The van der Waals surface area contributed by atoms with Gasteiger partial charge in [-0.25, -0.2) is 9.37 Å². The molecule has 0 saturated heterocycles. The quantitative estimate of drug-likeness (QED) is 0.918. The number of nitrogens with zero attached hydrogens (tertiary/aromatic N) is 2. The number of aromatic nitrogens is 1. The van der Waals surface area contributed by atoms with Crippen LogP contribution in [0.1, 0.15) is 18.1 Å². The van der Waals surface area contributed by atoms with Gasteiger partial charge in [-0.05, 0) is 43.2 Å². The van der Waals surface area contributed by atoms with Gasteiger partial charge in [-0.1, -0.05) is 18.2 Å². The summed E-state index contributed by atoms with van der Waals surface area (Å²) in [5.74, 6) is 0.301. The van der Waals surface area contributed by atoms with E-state index >= 15 is 0 Å². The molecule has 5 nitrogen and oxygen atoms in total. The third-order valence-electron chi connectivity index (χ3n) is 3.43. The molecule has 118 valence electrons. The van der Waals surface area contributed by atoms with Crippen LogP contribution in [0.25, 0.3) is 4.91 Å². The first kappa shape index (κ1) is 15.4. The highest BCUT2D eigenvalue weighted by molar-refractivity contribution is 8.00. The molecule has 0 radical (unpaired) electrons. The molecule has 1 aliphatic rings. The predicted molar refractivity (Wildman–Crippen MR) is 87.9 cm³/mol. The zero-order valence-corrected chi connectivity index (χ0v) is 13.4. The maximum Gasteiger partial charge on any atom is 0.285 e. The summed E-state index contributed by atoms with van der Waals surface area (Å²) in [7, 11) is -3.82. The van der Waals surface area contributed by atoms with Crippen molar-refractivity contribution in [2.75, 3.05) is 5.32 Å². The largest absolute Gasteiger partial charge is 0.324 e. The lowest BCUT2D eigenvalue weighted by molar-refractivity contribution is 0.608. The summed E-state index contributed by atoms with van der Waals surface area (Å²) in [6, 6.07) is 8.89. The lowest BCUT2D eigenvalue weighted by Gasteiger charge is -2.06. The summed E-state index contributed by atoms with van der Waals surface area (Å²) in [6.45, 7) is 3.56. The molecule has 2 aromatic rings. The van der Waals surface area contributed by atoms with E-state index in [9.17, 15) is 12.8 Å². The second-order valence-corrected chi connectivity index (χ2v) is 6.76. The molecule has 1 aliphatic heterocycles. The Morgan fingerprint density at radius 2 is 1.74 bits per heavy atom. The van der Waals surface area contributed by atoms with Gasteiger partial charge >= 0.3 is 0 Å². The molecular formula is C16H14FN3O2S. The number of amidine groups is 1. The number of aryl methyl sites for hydroxylation is 1. The van der Waals surface area contributed by atoms with Crippen LogP contribution in [0, 0.1) is 12.7 Å². The maximum absolute atomic E-state index is 13.0. The van der Waals surface area contributed by atoms with E-state index in [1.165, 1.54) is 24.3 Å². The molecule has 23 heavy (non-hydrogen) atoms. The smallest absolute Gasteiger partial charge is 0.285 e. The SMILES string of the molecule is CC1=C(c2ccc(F)cc2)S(=O)(=O)N=C1Nc1ccc(C)cn1. The molecule has 0 saturated carbocycles. The van der Waals surface area contributed by atoms with Gasteiger partial charge in [-0.2, -0.15) is 8.42 Å². The van der Waals surface area contributed by atoms with E-state index in [1.807, 2.05) is 13.0 Å². The van der Waals surface area contributed by atoms with Crippen LogP contribution in [0.15, 0.2) is 52.6 Å². The molecule has 0 atom stereocenters. The topological polar surface area (TPSA) is 71.4 Å². The lowest BCUT2D eigenvalue weighted by Crippen LogP contribution is -2.12. The molecule has 7 heteroatoms. The molecular weight excluding hydrogens is 317 g/mol. The fourth-order valence-electron chi connectivity index (χ4n) is 2.28. The minimum atomic E-state index is -3.82. The minimum Gasteiger partial charge on any atom is -0.324 e. The molecule has 0 spiro atoms. The zero-order chi connectivity index (χ0) is 16.6. The molecule has 0 fully saturated rings. The zero-order valence-electron chi connectivity index (χ0n) is 12.5. The Hall–Kier alpha value is -2.54. The highest BCUT2D eigenvalue weighted by atomic mass is 32.2. The highest BCUT2D eigenvalue weighted by Crippen LogP contribution is 2.32. The number of halogens is 1. The second kappa shape index (κ2) is 5.58. The van der Waals surface area contributed by atoms with Crippen molar-refractivity contribution >= 4 is 26.6 Å². The predicted octanol–water partition coefficient (Wildman–Crippen LogP) is 3.11. The van der Waals surface area contributed by atoms with Gasteiger partial charge in [0.2, 0.25) is 0 Å². The van der Waals surface area contributed by atoms with Gasteiger partial charge in [0.1, 0.15) is 22.4 Å². The number of nitrogens with one attached hydrogen (secondary N) is 1. The molecule has 1 N–H and O–H groups in total. The standard InChI is InChI=1S/C16H14FN3O2S/c1-10-3-8-14(18-9-10)19-16-11(2)15(23(21,22)20-16)12-4-6-13(17)7-5-12/h3-9H,1-2H3,(H,18,19,20). The van der Waals surface area contributed by atoms with Gasteiger partial charge in [0.15, 0.2) is 0 Å². The van der Waals surface area contributed by atoms with Gasteiger partial charge < -0.3 is 5.32 Å². The summed E-state index contributed by atoms with van der Waals surface area (Å²) in [6.07, 6.45) is 1.67. The molecule has 0 aliphatic carbocycles. The van der Waals surface area contributed by atoms with E-state index in [-0.39, 0.29) is 10.7 Å². The van der Waals surface area contributed by atoms with E-state index in [1.54, 1.807) is 19.2 Å². The number of sulfonamides is 1. The number of anilines is 1. The first-order valence-corrected chi connectivity index (χ1v) is 8.33. The number of hydrogen-bond acceptors (Lipinski definition) is 4. The van der Waals surface area contributed by atoms with E-state index in [4.69, 9.17) is 0 Å². The van der Waals surface area contributed by atoms with Crippen LogP contribution in [0.5, 0.6) is 0 Å². The second-order valence-electron chi connectivity index (χ2n) is 5.22. The summed E-state index contributed by atoms with van der Waals surface area (Å²) in [4.78, 5) is 4.25. The van der Waals surface area contributed by atoms with Crippen LogP contribution < -0.4 is 5.32 Å². The fourth-order valence-corrected chi connectivity index (χ4v) is 3.71. The van der Waals surface area contributed by atoms with Crippen molar-refractivity contribution in [2.45, 2.75) is 13.8 Å². The van der Waals surface area contributed by atoms with Crippen LogP contribution in [0.4, 0.5) is 10.2 Å². The Bertz CT molecular complexity index is 915. The van der Waals surface area contributed by atoms with Crippen molar-refractivity contribution in [1.82, 2.24) is 4.98 Å². The van der Waals surface area contributed by atoms with Crippen LogP contribution in [0.2, 0.25) is 0 Å². The van der Waals surface area contributed by atoms with Crippen molar-refractivity contribution in [3.05, 3.63) is 65.1 Å². The first-order valence-electron chi connectivity index (χ1n) is 6.89. The summed E-state index contributed by atoms with van der Waals surface area (Å²) < 4.78 is 41.4. The van der Waals surface area contributed by atoms with Crippen LogP contribution >= 0.6 is 0 Å². The van der Waals surface area contributed by atoms with Crippen molar-refractivity contribution in [2.24, 2.45) is 4.40 Å². The van der Waals surface area contributed by atoms with Gasteiger partial charge in [-0.3, -0.25) is 0 Å². The molecule has 2 heterocycles. The minimum absolute atomic E-state index is 0.0760. The summed E-state index contributed by atoms with van der Waals surface area (Å²) in [5.41, 5.74) is 1.87. The van der Waals surface area contributed by atoms with Gasteiger partial charge in [0.05, 0.1) is 0 Å².